The monoisotopic (exact) mass is 372 g/mol. The smallest absolute Gasteiger partial charge is 0.162 e. The van der Waals surface area contributed by atoms with Gasteiger partial charge in [-0.05, 0) is 23.9 Å². The maximum absolute atomic E-state index is 12.4. The van der Waals surface area contributed by atoms with E-state index in [1.807, 2.05) is 0 Å². The van der Waals surface area contributed by atoms with Gasteiger partial charge in [-0.3, -0.25) is 9.59 Å². The Morgan fingerprint density at radius 3 is 2.77 bits per heavy atom. The zero-order valence-electron chi connectivity index (χ0n) is 12.3. The molecule has 0 aromatic heterocycles. The van der Waals surface area contributed by atoms with Crippen LogP contribution in [-0.2, 0) is 14.3 Å². The van der Waals surface area contributed by atoms with Crippen molar-refractivity contribution in [3.8, 4) is 0 Å². The number of carbonyl (C=O) groups is 2. The number of rotatable bonds is 3. The molecule has 1 saturated heterocycles. The van der Waals surface area contributed by atoms with E-state index in [1.54, 1.807) is 17.1 Å². The lowest BCUT2D eigenvalue weighted by Crippen LogP contribution is -2.29. The quantitative estimate of drug-likeness (QED) is 0.786. The Kier molecular flexibility index (Phi) is 6.50. The van der Waals surface area contributed by atoms with Gasteiger partial charge in [-0.25, -0.2) is 0 Å². The predicted octanol–water partition coefficient (Wildman–Crippen LogP) is 1.66. The lowest BCUT2D eigenvalue weighted by Gasteiger charge is -2.21. The number of carbonyl (C=O) groups excluding carboxylic acids is 2. The van der Waals surface area contributed by atoms with Gasteiger partial charge in [0.05, 0.1) is 18.8 Å². The van der Waals surface area contributed by atoms with Gasteiger partial charge in [0.1, 0.15) is 11.9 Å². The molecule has 2 aliphatic rings. The van der Waals surface area contributed by atoms with Crippen LogP contribution < -0.4 is 0 Å². The normalized spacial score (nSPS) is 36.8. The van der Waals surface area contributed by atoms with Gasteiger partial charge in [0.25, 0.3) is 0 Å². The van der Waals surface area contributed by atoms with Crippen molar-refractivity contribution < 1.29 is 24.5 Å². The number of aliphatic hydroxyl groups is 2. The molecule has 1 fully saturated rings. The molecule has 22 heavy (non-hydrogen) atoms. The van der Waals surface area contributed by atoms with Crippen LogP contribution in [-0.4, -0.2) is 46.7 Å². The molecule has 2 N–H and O–H groups in total. The first kappa shape index (κ1) is 17.5. The number of allylic oxidation sites excluding steroid dienone is 3. The fourth-order valence-electron chi connectivity index (χ4n) is 3.02. The number of halogens is 1. The SMILES string of the molecule is O=C1CCCC(=O)C([C@H]2CC(O)[C@@H](CO)O2)C/C=C1/C=C/Br. The molecule has 2 unspecified atom stereocenters. The molecule has 0 bridgehead atoms. The Morgan fingerprint density at radius 1 is 1.36 bits per heavy atom. The van der Waals surface area contributed by atoms with Crippen LogP contribution in [0.4, 0.5) is 0 Å². The summed E-state index contributed by atoms with van der Waals surface area (Å²) in [5, 5.41) is 19.0. The molecule has 2 rings (SSSR count). The number of ketones is 2. The van der Waals surface area contributed by atoms with Crippen LogP contribution in [0, 0.1) is 5.92 Å². The van der Waals surface area contributed by atoms with Crippen molar-refractivity contribution in [2.45, 2.75) is 50.4 Å². The predicted molar refractivity (Wildman–Crippen MR) is 84.5 cm³/mol. The third kappa shape index (κ3) is 4.13. The second-order valence-corrected chi connectivity index (χ2v) is 6.26. The van der Waals surface area contributed by atoms with Crippen LogP contribution in [0.25, 0.3) is 0 Å². The molecule has 6 heteroatoms. The summed E-state index contributed by atoms with van der Waals surface area (Å²) in [6, 6.07) is 0. The van der Waals surface area contributed by atoms with Crippen molar-refractivity contribution in [3.63, 3.8) is 0 Å². The maximum Gasteiger partial charge on any atom is 0.162 e. The highest BCUT2D eigenvalue weighted by Crippen LogP contribution is 2.31. The Labute approximate surface area is 138 Å². The number of ether oxygens (including phenoxy) is 1. The summed E-state index contributed by atoms with van der Waals surface area (Å²) in [4.78, 5) is 26.1. The van der Waals surface area contributed by atoms with Gasteiger partial charge < -0.3 is 14.9 Å². The zero-order chi connectivity index (χ0) is 16.1. The van der Waals surface area contributed by atoms with E-state index >= 15 is 0 Å². The molecule has 4 atom stereocenters. The van der Waals surface area contributed by atoms with Crippen LogP contribution in [0.2, 0.25) is 0 Å². The van der Waals surface area contributed by atoms with Gasteiger partial charge in [-0.15, -0.1) is 0 Å². The Bertz CT molecular complexity index is 485. The van der Waals surface area contributed by atoms with E-state index in [2.05, 4.69) is 15.9 Å². The van der Waals surface area contributed by atoms with Crippen LogP contribution in [0.3, 0.4) is 0 Å². The minimum atomic E-state index is -0.747. The number of Topliss-reactive ketones (excluding diaryl/α,β-unsaturated/α-hetero) is 2. The summed E-state index contributed by atoms with van der Waals surface area (Å²) in [7, 11) is 0. The van der Waals surface area contributed by atoms with E-state index in [1.165, 1.54) is 0 Å². The van der Waals surface area contributed by atoms with Gasteiger partial charge in [0, 0.05) is 30.8 Å². The van der Waals surface area contributed by atoms with Crippen molar-refractivity contribution in [1.29, 1.82) is 0 Å². The minimum absolute atomic E-state index is 0.0322. The second kappa shape index (κ2) is 8.15. The van der Waals surface area contributed by atoms with Crippen LogP contribution in [0.15, 0.2) is 22.7 Å². The lowest BCUT2D eigenvalue weighted by molar-refractivity contribution is -0.128. The van der Waals surface area contributed by atoms with E-state index in [0.717, 1.165) is 0 Å². The highest BCUT2D eigenvalue weighted by atomic mass is 79.9. The Morgan fingerprint density at radius 2 is 2.14 bits per heavy atom. The highest BCUT2D eigenvalue weighted by molar-refractivity contribution is 9.11. The molecule has 0 aromatic carbocycles. The lowest BCUT2D eigenvalue weighted by atomic mass is 9.89. The third-order valence-corrected chi connectivity index (χ3v) is 4.54. The Balaban J connectivity index is 2.17. The third-order valence-electron chi connectivity index (χ3n) is 4.28. The zero-order valence-corrected chi connectivity index (χ0v) is 13.9. The first-order valence-corrected chi connectivity index (χ1v) is 8.45. The van der Waals surface area contributed by atoms with Crippen molar-refractivity contribution in [1.82, 2.24) is 0 Å². The summed E-state index contributed by atoms with van der Waals surface area (Å²) < 4.78 is 5.63. The molecule has 0 radical (unpaired) electrons. The molecular formula is C16H21BrO5. The van der Waals surface area contributed by atoms with Gasteiger partial charge in [0.2, 0.25) is 0 Å². The topological polar surface area (TPSA) is 83.8 Å². The van der Waals surface area contributed by atoms with Crippen molar-refractivity contribution in [2.75, 3.05) is 6.61 Å². The van der Waals surface area contributed by atoms with Crippen LogP contribution >= 0.6 is 15.9 Å². The van der Waals surface area contributed by atoms with E-state index in [4.69, 9.17) is 9.84 Å². The molecular weight excluding hydrogens is 352 g/mol. The van der Waals surface area contributed by atoms with E-state index in [-0.39, 0.29) is 24.1 Å². The molecule has 0 spiro atoms. The van der Waals surface area contributed by atoms with Gasteiger partial charge in [-0.2, -0.15) is 0 Å². The molecule has 1 aliphatic heterocycles. The molecule has 1 aliphatic carbocycles. The molecule has 1 heterocycles. The molecule has 122 valence electrons. The maximum atomic E-state index is 12.4. The number of hydrogen-bond donors (Lipinski definition) is 2. The van der Waals surface area contributed by atoms with Crippen molar-refractivity contribution in [2.24, 2.45) is 5.92 Å². The summed E-state index contributed by atoms with van der Waals surface area (Å²) in [6.07, 6.45) is 3.66. The van der Waals surface area contributed by atoms with Crippen molar-refractivity contribution >= 4 is 27.5 Å². The fourth-order valence-corrected chi connectivity index (χ4v) is 3.31. The van der Waals surface area contributed by atoms with E-state index in [0.29, 0.717) is 37.7 Å². The van der Waals surface area contributed by atoms with Crippen molar-refractivity contribution in [3.05, 3.63) is 22.7 Å². The average Bonchev–Trinajstić information content (AvgIpc) is 2.88. The summed E-state index contributed by atoms with van der Waals surface area (Å²) in [5.74, 6) is -0.288. The summed E-state index contributed by atoms with van der Waals surface area (Å²) in [5.41, 5.74) is 0.592. The van der Waals surface area contributed by atoms with Gasteiger partial charge in [-0.1, -0.05) is 22.0 Å². The summed E-state index contributed by atoms with van der Waals surface area (Å²) in [6.45, 7) is -0.259. The van der Waals surface area contributed by atoms with Gasteiger partial charge >= 0.3 is 0 Å². The molecule has 0 amide bonds. The first-order chi connectivity index (χ1) is 10.6. The summed E-state index contributed by atoms with van der Waals surface area (Å²) >= 11 is 3.17. The molecule has 5 nitrogen and oxygen atoms in total. The average molecular weight is 373 g/mol. The molecule has 0 saturated carbocycles. The standard InChI is InChI=1S/C16H21BrO5/c17-7-6-10-4-5-11(13(20)3-1-2-12(10)19)15-8-14(21)16(9-18)22-15/h4,6-7,11,14-16,18,21H,1-3,5,8-9H2/b7-6+,10-4-/t11?,14?,15-,16-/m1/s1. The Hall–Kier alpha value is -0.820. The number of aliphatic hydroxyl groups excluding tert-OH is 2. The van der Waals surface area contributed by atoms with Crippen LogP contribution in [0.5, 0.6) is 0 Å². The largest absolute Gasteiger partial charge is 0.394 e. The van der Waals surface area contributed by atoms with E-state index < -0.39 is 18.3 Å². The number of hydrogen-bond acceptors (Lipinski definition) is 5. The molecule has 0 aromatic rings. The minimum Gasteiger partial charge on any atom is -0.394 e. The second-order valence-electron chi connectivity index (χ2n) is 5.74. The van der Waals surface area contributed by atoms with E-state index in [9.17, 15) is 14.7 Å². The van der Waals surface area contributed by atoms with Crippen LogP contribution in [0.1, 0.15) is 32.1 Å². The highest BCUT2D eigenvalue weighted by Gasteiger charge is 2.40. The van der Waals surface area contributed by atoms with Gasteiger partial charge in [0.15, 0.2) is 5.78 Å². The first-order valence-electron chi connectivity index (χ1n) is 7.54. The fraction of sp³-hybridized carbons (Fsp3) is 0.625.